The number of unbranched alkanes of at least 4 members (excludes halogenated alkanes) is 1. The van der Waals surface area contributed by atoms with Crippen molar-refractivity contribution < 1.29 is 45.2 Å². The molecule has 0 fully saturated rings. The first kappa shape index (κ1) is 17.1. The molecule has 0 aliphatic carbocycles. The molecule has 0 saturated heterocycles. The summed E-state index contributed by atoms with van der Waals surface area (Å²) in [5, 5.41) is 17.1. The van der Waals surface area contributed by atoms with Gasteiger partial charge in [0, 0.05) is 0 Å². The van der Waals surface area contributed by atoms with E-state index in [2.05, 4.69) is 6.92 Å². The zero-order valence-corrected chi connectivity index (χ0v) is 8.75. The van der Waals surface area contributed by atoms with Crippen LogP contribution in [0.25, 0.3) is 0 Å². The Kier molecular flexibility index (Phi) is 21.5. The summed E-state index contributed by atoms with van der Waals surface area (Å²) in [6, 6.07) is 0. The van der Waals surface area contributed by atoms with E-state index < -0.39 is 6.10 Å². The number of hydrogen-bond donors (Lipinski definition) is 2. The van der Waals surface area contributed by atoms with Gasteiger partial charge in [0.15, 0.2) is 0 Å². The van der Waals surface area contributed by atoms with Gasteiger partial charge in [0.05, 0.1) is 12.7 Å². The minimum atomic E-state index is -0.491. The average Bonchev–Trinajstić information content (AvgIpc) is 1.83. The van der Waals surface area contributed by atoms with Crippen molar-refractivity contribution in [3.63, 3.8) is 0 Å². The minimum Gasteiger partial charge on any atom is -0.870 e. The second-order valence-electron chi connectivity index (χ2n) is 1.98. The maximum absolute atomic E-state index is 8.74. The Labute approximate surface area is 84.0 Å². The van der Waals surface area contributed by atoms with Gasteiger partial charge in [0.1, 0.15) is 0 Å². The molecule has 0 aromatic heterocycles. The molecule has 0 saturated carbocycles. The van der Waals surface area contributed by atoms with Crippen molar-refractivity contribution in [2.75, 3.05) is 6.61 Å². The summed E-state index contributed by atoms with van der Waals surface area (Å²) < 4.78 is 0. The molecule has 4 heteroatoms. The summed E-state index contributed by atoms with van der Waals surface area (Å²) in [5.74, 6) is 0. The summed E-state index contributed by atoms with van der Waals surface area (Å²) in [7, 11) is 0. The van der Waals surface area contributed by atoms with Gasteiger partial charge in [-0.3, -0.25) is 0 Å². The molecule has 1 atom stereocenters. The van der Waals surface area contributed by atoms with Crippen LogP contribution in [-0.4, -0.2) is 28.4 Å². The molecular formula is C6H15NaO3. The second-order valence-corrected chi connectivity index (χ2v) is 1.98. The third kappa shape index (κ3) is 11.6. The van der Waals surface area contributed by atoms with E-state index >= 15 is 0 Å². The fraction of sp³-hybridized carbons (Fsp3) is 1.00. The van der Waals surface area contributed by atoms with Crippen LogP contribution in [0.5, 0.6) is 0 Å². The van der Waals surface area contributed by atoms with Crippen LogP contribution in [-0.2, 0) is 0 Å². The van der Waals surface area contributed by atoms with Crippen molar-refractivity contribution in [1.82, 2.24) is 0 Å². The van der Waals surface area contributed by atoms with Crippen LogP contribution >= 0.6 is 0 Å². The van der Waals surface area contributed by atoms with Crippen molar-refractivity contribution in [2.45, 2.75) is 32.3 Å². The van der Waals surface area contributed by atoms with Crippen molar-refractivity contribution in [2.24, 2.45) is 0 Å². The summed E-state index contributed by atoms with van der Waals surface area (Å²) in [5.41, 5.74) is 0. The minimum absolute atomic E-state index is 0. The van der Waals surface area contributed by atoms with Crippen LogP contribution in [0.2, 0.25) is 0 Å². The molecule has 0 aliphatic heterocycles. The molecule has 0 bridgehead atoms. The van der Waals surface area contributed by atoms with E-state index in [-0.39, 0.29) is 41.6 Å². The largest absolute Gasteiger partial charge is 1.00 e. The Morgan fingerprint density at radius 1 is 1.40 bits per heavy atom. The van der Waals surface area contributed by atoms with E-state index in [1.165, 1.54) is 0 Å². The van der Waals surface area contributed by atoms with Crippen LogP contribution in [0.1, 0.15) is 26.2 Å². The fourth-order valence-corrected chi connectivity index (χ4v) is 0.531. The Bertz CT molecular complexity index is 52.3. The van der Waals surface area contributed by atoms with Gasteiger partial charge in [-0.2, -0.15) is 0 Å². The molecule has 58 valence electrons. The Hall–Kier alpha value is 0.880. The topological polar surface area (TPSA) is 70.5 Å². The number of aliphatic hydroxyl groups excluding tert-OH is 2. The van der Waals surface area contributed by atoms with Crippen LogP contribution < -0.4 is 29.6 Å². The summed E-state index contributed by atoms with van der Waals surface area (Å²) in [6.07, 6.45) is 2.32. The Morgan fingerprint density at radius 3 is 2.20 bits per heavy atom. The molecule has 0 heterocycles. The van der Waals surface area contributed by atoms with Crippen molar-refractivity contribution >= 4 is 0 Å². The summed E-state index contributed by atoms with van der Waals surface area (Å²) in [6.45, 7) is 1.96. The van der Waals surface area contributed by atoms with E-state index in [1.54, 1.807) is 0 Å². The van der Waals surface area contributed by atoms with Gasteiger partial charge >= 0.3 is 29.6 Å². The monoisotopic (exact) mass is 158 g/mol. The second kappa shape index (κ2) is 12.5. The quantitative estimate of drug-likeness (QED) is 0.439. The first-order valence-electron chi connectivity index (χ1n) is 3.10. The van der Waals surface area contributed by atoms with E-state index in [9.17, 15) is 0 Å². The average molecular weight is 158 g/mol. The maximum atomic E-state index is 8.74. The van der Waals surface area contributed by atoms with E-state index in [0.717, 1.165) is 19.3 Å². The first-order chi connectivity index (χ1) is 3.81. The van der Waals surface area contributed by atoms with Crippen LogP contribution in [0.15, 0.2) is 0 Å². The van der Waals surface area contributed by atoms with Gasteiger partial charge in [0.2, 0.25) is 0 Å². The van der Waals surface area contributed by atoms with E-state index in [0.29, 0.717) is 0 Å². The van der Waals surface area contributed by atoms with Crippen LogP contribution in [0, 0.1) is 0 Å². The van der Waals surface area contributed by atoms with Gasteiger partial charge in [-0.1, -0.05) is 19.8 Å². The van der Waals surface area contributed by atoms with Gasteiger partial charge in [-0.25, -0.2) is 0 Å². The van der Waals surface area contributed by atoms with Gasteiger partial charge < -0.3 is 15.7 Å². The van der Waals surface area contributed by atoms with Crippen LogP contribution in [0.4, 0.5) is 0 Å². The van der Waals surface area contributed by atoms with Crippen molar-refractivity contribution in [3.8, 4) is 0 Å². The molecular weight excluding hydrogens is 143 g/mol. The molecule has 3 nitrogen and oxygen atoms in total. The van der Waals surface area contributed by atoms with Gasteiger partial charge in [-0.05, 0) is 6.42 Å². The molecule has 0 radical (unpaired) electrons. The molecule has 0 aromatic rings. The number of hydrogen-bond acceptors (Lipinski definition) is 3. The first-order valence-corrected chi connectivity index (χ1v) is 3.10. The molecule has 0 aliphatic rings. The van der Waals surface area contributed by atoms with Crippen LogP contribution in [0.3, 0.4) is 0 Å². The Balaban J connectivity index is -0.000000245. The normalized spacial score (nSPS) is 11.1. The predicted octanol–water partition coefficient (Wildman–Crippen LogP) is -2.64. The third-order valence-corrected chi connectivity index (χ3v) is 1.10. The molecule has 1 unspecified atom stereocenters. The van der Waals surface area contributed by atoms with Gasteiger partial charge in [0.25, 0.3) is 0 Å². The standard InChI is InChI=1S/C6H14O2.Na.H2O/c1-2-3-4-6(8)5-7;;/h6-8H,2-5H2,1H3;;1H2/q;+1;/p-1. The zero-order valence-electron chi connectivity index (χ0n) is 6.75. The Morgan fingerprint density at radius 2 is 1.90 bits per heavy atom. The molecule has 0 spiro atoms. The fourth-order valence-electron chi connectivity index (χ4n) is 0.531. The molecule has 0 amide bonds. The van der Waals surface area contributed by atoms with Gasteiger partial charge in [-0.15, -0.1) is 0 Å². The maximum Gasteiger partial charge on any atom is 1.00 e. The number of rotatable bonds is 4. The summed E-state index contributed by atoms with van der Waals surface area (Å²) >= 11 is 0. The smallest absolute Gasteiger partial charge is 0.870 e. The third-order valence-electron chi connectivity index (χ3n) is 1.10. The number of aliphatic hydroxyl groups is 2. The SMILES string of the molecule is CCCCC(O)CO.[Na+].[OH-]. The van der Waals surface area contributed by atoms with Crippen molar-refractivity contribution in [1.29, 1.82) is 0 Å². The molecule has 10 heavy (non-hydrogen) atoms. The predicted molar refractivity (Wildman–Crippen MR) is 34.6 cm³/mol. The van der Waals surface area contributed by atoms with Crippen molar-refractivity contribution in [3.05, 3.63) is 0 Å². The summed E-state index contributed by atoms with van der Waals surface area (Å²) in [4.78, 5) is 0. The van der Waals surface area contributed by atoms with E-state index in [1.807, 2.05) is 0 Å². The molecule has 0 rings (SSSR count). The van der Waals surface area contributed by atoms with E-state index in [4.69, 9.17) is 10.2 Å². The zero-order chi connectivity index (χ0) is 6.41. The molecule has 0 aromatic carbocycles. The molecule has 3 N–H and O–H groups in total.